The van der Waals surface area contributed by atoms with Crippen molar-refractivity contribution in [1.82, 2.24) is 10.2 Å². The van der Waals surface area contributed by atoms with E-state index in [0.717, 1.165) is 5.69 Å². The van der Waals surface area contributed by atoms with E-state index in [4.69, 9.17) is 4.74 Å². The fraction of sp³-hybridized carbons (Fsp3) is 0.412. The average Bonchev–Trinajstić information content (AvgIpc) is 3.01. The molecule has 108 valence electrons. The lowest BCUT2D eigenvalue weighted by Gasteiger charge is -2.22. The van der Waals surface area contributed by atoms with Crippen LogP contribution in [-0.4, -0.2) is 10.2 Å². The Labute approximate surface area is 123 Å². The van der Waals surface area contributed by atoms with Crippen molar-refractivity contribution in [3.63, 3.8) is 0 Å². The first kappa shape index (κ1) is 12.7. The monoisotopic (exact) mass is 284 g/mol. The Morgan fingerprint density at radius 2 is 2.19 bits per heavy atom. The second-order valence-electron chi connectivity index (χ2n) is 6.37. The zero-order valence-corrected chi connectivity index (χ0v) is 12.0. The minimum Gasteiger partial charge on any atom is -0.472 e. The first-order chi connectivity index (χ1) is 10.2. The molecule has 1 fully saturated rings. The van der Waals surface area contributed by atoms with E-state index in [0.29, 0.717) is 17.4 Å². The minimum atomic E-state index is -0.252. The molecule has 4 heteroatoms. The lowest BCUT2D eigenvalue weighted by atomic mass is 9.85. The first-order valence-corrected chi connectivity index (χ1v) is 7.40. The van der Waals surface area contributed by atoms with E-state index in [-0.39, 0.29) is 17.8 Å². The molecule has 2 aliphatic rings. The molecule has 2 bridgehead atoms. The van der Waals surface area contributed by atoms with Crippen LogP contribution in [0.5, 0.6) is 5.88 Å². The summed E-state index contributed by atoms with van der Waals surface area (Å²) in [5.74, 6) is 0.836. The van der Waals surface area contributed by atoms with Crippen molar-refractivity contribution < 1.29 is 9.13 Å². The Bertz CT molecular complexity index is 703. The summed E-state index contributed by atoms with van der Waals surface area (Å²) in [6.45, 7) is 2.45. The van der Waals surface area contributed by atoms with Gasteiger partial charge in [-0.3, -0.25) is 0 Å². The number of fused-ring (bicyclic) bond motifs is 5. The van der Waals surface area contributed by atoms with Gasteiger partial charge >= 0.3 is 0 Å². The molecule has 0 amide bonds. The average molecular weight is 284 g/mol. The van der Waals surface area contributed by atoms with Gasteiger partial charge in [0.2, 0.25) is 5.88 Å². The summed E-state index contributed by atoms with van der Waals surface area (Å²) in [5, 5.41) is 8.54. The van der Waals surface area contributed by atoms with Crippen LogP contribution in [0.4, 0.5) is 4.39 Å². The molecule has 1 saturated carbocycles. The standard InChI is InChI=1S/C17H17FN2O/c1-17-7-6-11(9-17)13-8-15(19-20-16(13)17)21-10-12-4-2-3-5-14(12)18/h2-5,8,11H,6-7,9-10H2,1H3/t11-,17+/m1/s1. The van der Waals surface area contributed by atoms with Gasteiger partial charge in [-0.05, 0) is 36.8 Å². The molecule has 2 aromatic rings. The zero-order chi connectivity index (χ0) is 14.4. The van der Waals surface area contributed by atoms with Gasteiger partial charge in [-0.1, -0.05) is 25.1 Å². The highest BCUT2D eigenvalue weighted by Crippen LogP contribution is 2.56. The van der Waals surface area contributed by atoms with E-state index in [1.807, 2.05) is 6.07 Å². The van der Waals surface area contributed by atoms with Gasteiger partial charge in [0.15, 0.2) is 0 Å². The van der Waals surface area contributed by atoms with Gasteiger partial charge in [0.25, 0.3) is 0 Å². The van der Waals surface area contributed by atoms with Crippen LogP contribution >= 0.6 is 0 Å². The van der Waals surface area contributed by atoms with Crippen LogP contribution in [0.25, 0.3) is 0 Å². The van der Waals surface area contributed by atoms with Crippen LogP contribution < -0.4 is 4.74 Å². The topological polar surface area (TPSA) is 35.0 Å². The molecule has 0 aliphatic heterocycles. The zero-order valence-electron chi connectivity index (χ0n) is 12.0. The van der Waals surface area contributed by atoms with Crippen LogP contribution in [0.2, 0.25) is 0 Å². The highest BCUT2D eigenvalue weighted by molar-refractivity contribution is 5.41. The molecular weight excluding hydrogens is 267 g/mol. The number of nitrogens with zero attached hydrogens (tertiary/aromatic N) is 2. The Morgan fingerprint density at radius 1 is 1.33 bits per heavy atom. The first-order valence-electron chi connectivity index (χ1n) is 7.40. The van der Waals surface area contributed by atoms with Crippen molar-refractivity contribution in [3.8, 4) is 5.88 Å². The van der Waals surface area contributed by atoms with Gasteiger partial charge in [-0.15, -0.1) is 5.10 Å². The number of hydrogen-bond acceptors (Lipinski definition) is 3. The van der Waals surface area contributed by atoms with E-state index in [9.17, 15) is 4.39 Å². The van der Waals surface area contributed by atoms with Crippen molar-refractivity contribution in [1.29, 1.82) is 0 Å². The smallest absolute Gasteiger partial charge is 0.234 e. The fourth-order valence-corrected chi connectivity index (χ4v) is 3.73. The van der Waals surface area contributed by atoms with Crippen molar-refractivity contribution in [3.05, 3.63) is 53.0 Å². The molecule has 21 heavy (non-hydrogen) atoms. The van der Waals surface area contributed by atoms with E-state index >= 15 is 0 Å². The molecule has 2 aliphatic carbocycles. The predicted molar refractivity (Wildman–Crippen MR) is 76.7 cm³/mol. The maximum atomic E-state index is 13.6. The Morgan fingerprint density at radius 3 is 3.05 bits per heavy atom. The van der Waals surface area contributed by atoms with Crippen molar-refractivity contribution in [2.24, 2.45) is 0 Å². The number of hydrogen-bond donors (Lipinski definition) is 0. The molecule has 0 spiro atoms. The van der Waals surface area contributed by atoms with Crippen LogP contribution in [0.15, 0.2) is 30.3 Å². The van der Waals surface area contributed by atoms with Crippen LogP contribution in [0.1, 0.15) is 48.9 Å². The molecule has 0 unspecified atom stereocenters. The second-order valence-corrected chi connectivity index (χ2v) is 6.37. The fourth-order valence-electron chi connectivity index (χ4n) is 3.73. The summed E-state index contributed by atoms with van der Waals surface area (Å²) in [4.78, 5) is 0. The highest BCUT2D eigenvalue weighted by atomic mass is 19.1. The molecule has 2 atom stereocenters. The number of ether oxygens (including phenoxy) is 1. The second kappa shape index (κ2) is 4.52. The van der Waals surface area contributed by atoms with Gasteiger partial charge in [-0.2, -0.15) is 5.10 Å². The van der Waals surface area contributed by atoms with Gasteiger partial charge in [0, 0.05) is 17.0 Å². The third-order valence-electron chi connectivity index (χ3n) is 4.89. The summed E-state index contributed by atoms with van der Waals surface area (Å²) < 4.78 is 19.2. The van der Waals surface area contributed by atoms with E-state index in [1.54, 1.807) is 18.2 Å². The van der Waals surface area contributed by atoms with Crippen molar-refractivity contribution in [2.75, 3.05) is 0 Å². The van der Waals surface area contributed by atoms with Crippen molar-refractivity contribution in [2.45, 2.75) is 44.1 Å². The van der Waals surface area contributed by atoms with Gasteiger partial charge in [0.1, 0.15) is 12.4 Å². The predicted octanol–water partition coefficient (Wildman–Crippen LogP) is 3.73. The summed E-state index contributed by atoms with van der Waals surface area (Å²) in [7, 11) is 0. The van der Waals surface area contributed by atoms with Gasteiger partial charge in [0.05, 0.1) is 5.69 Å². The summed E-state index contributed by atoms with van der Waals surface area (Å²) in [5.41, 5.74) is 3.16. The molecular formula is C17H17FN2O. The van der Waals surface area contributed by atoms with Crippen LogP contribution in [0.3, 0.4) is 0 Å². The van der Waals surface area contributed by atoms with E-state index < -0.39 is 0 Å². The summed E-state index contributed by atoms with van der Waals surface area (Å²) in [6.07, 6.45) is 3.60. The van der Waals surface area contributed by atoms with Gasteiger partial charge < -0.3 is 4.74 Å². The lowest BCUT2D eigenvalue weighted by molar-refractivity contribution is 0.283. The maximum Gasteiger partial charge on any atom is 0.234 e. The molecule has 3 nitrogen and oxygen atoms in total. The molecule has 4 rings (SSSR count). The maximum absolute atomic E-state index is 13.6. The Kier molecular flexibility index (Phi) is 2.74. The third-order valence-corrected chi connectivity index (χ3v) is 4.89. The van der Waals surface area contributed by atoms with E-state index in [1.165, 1.54) is 30.9 Å². The molecule has 1 aromatic heterocycles. The van der Waals surface area contributed by atoms with Gasteiger partial charge in [-0.25, -0.2) is 4.39 Å². The number of benzene rings is 1. The lowest BCUT2D eigenvalue weighted by Crippen LogP contribution is -2.18. The number of aromatic nitrogens is 2. The molecule has 1 heterocycles. The molecule has 0 N–H and O–H groups in total. The Hall–Kier alpha value is -1.97. The van der Waals surface area contributed by atoms with Crippen LogP contribution in [-0.2, 0) is 12.0 Å². The molecule has 1 aromatic carbocycles. The molecule has 0 saturated heterocycles. The largest absolute Gasteiger partial charge is 0.472 e. The highest BCUT2D eigenvalue weighted by Gasteiger charge is 2.47. The number of halogens is 1. The minimum absolute atomic E-state index is 0.183. The van der Waals surface area contributed by atoms with Crippen molar-refractivity contribution >= 4 is 0 Å². The summed E-state index contributed by atoms with van der Waals surface area (Å²) in [6, 6.07) is 8.63. The number of rotatable bonds is 3. The summed E-state index contributed by atoms with van der Waals surface area (Å²) >= 11 is 0. The Balaban J connectivity index is 1.56. The van der Waals surface area contributed by atoms with Crippen LogP contribution in [0, 0.1) is 5.82 Å². The van der Waals surface area contributed by atoms with E-state index in [2.05, 4.69) is 17.1 Å². The SMILES string of the molecule is C[C@]12CC[C@H](C1)c1cc(OCc3ccccc3F)nnc12. The molecule has 0 radical (unpaired) electrons. The normalized spacial score (nSPS) is 25.9. The quantitative estimate of drug-likeness (QED) is 0.861. The third kappa shape index (κ3) is 2.01.